The molecule has 1 nitrogen and oxygen atoms in total. The van der Waals surface area contributed by atoms with Crippen molar-refractivity contribution in [2.24, 2.45) is 0 Å². The molecule has 0 fully saturated rings. The first-order valence-electron chi connectivity index (χ1n) is 33.7. The summed E-state index contributed by atoms with van der Waals surface area (Å²) < 4.78 is 0. The van der Waals surface area contributed by atoms with Crippen LogP contribution < -0.4 is 21.3 Å². The lowest BCUT2D eigenvalue weighted by atomic mass is 9.33. The van der Waals surface area contributed by atoms with Crippen LogP contribution in [0.4, 0.5) is 17.1 Å². The fourth-order valence-corrected chi connectivity index (χ4v) is 13.7. The molecule has 0 bridgehead atoms. The first-order valence-corrected chi connectivity index (χ1v) is 33.7. The lowest BCUT2D eigenvalue weighted by Crippen LogP contribution is -2.56. The fourth-order valence-electron chi connectivity index (χ4n) is 13.7. The third kappa shape index (κ3) is 14.9. The van der Waals surface area contributed by atoms with Crippen molar-refractivity contribution in [3.63, 3.8) is 0 Å². The van der Waals surface area contributed by atoms with E-state index in [2.05, 4.69) is 385 Å². The average Bonchev–Trinajstić information content (AvgIpc) is 0.748. The highest BCUT2D eigenvalue weighted by Gasteiger charge is 2.35. The highest BCUT2D eigenvalue weighted by molar-refractivity contribution is 6.96. The number of anilines is 3. The first kappa shape index (κ1) is 67.9. The molecule has 0 radical (unpaired) electrons. The van der Waals surface area contributed by atoms with Crippen molar-refractivity contribution < 1.29 is 0 Å². The molecule has 0 saturated heterocycles. The molecule has 92 heavy (non-hydrogen) atoms. The highest BCUT2D eigenvalue weighted by atomic mass is 15.1. The molecule has 0 atom stereocenters. The highest BCUT2D eigenvalue weighted by Crippen LogP contribution is 2.41. The van der Waals surface area contributed by atoms with Crippen molar-refractivity contribution in [3.8, 4) is 0 Å². The minimum absolute atomic E-state index is 0.0490. The summed E-state index contributed by atoms with van der Waals surface area (Å²) in [6.07, 6.45) is 8.75. The van der Waals surface area contributed by atoms with Crippen LogP contribution in [0, 0.1) is 41.5 Å². The molecule has 0 aliphatic carbocycles. The molecule has 0 aliphatic heterocycles. The molecule has 10 aromatic carbocycles. The fraction of sp³-hybridized carbons (Fsp3) is 0.289. The lowest BCUT2D eigenvalue weighted by Gasteiger charge is -2.33. The Morgan fingerprint density at radius 3 is 1.33 bits per heavy atom. The SMILES string of the molecule is C/C=C(\C=C/CC)C(C)(C)c1ccc(Cc2ccc(C(C)(C)c3ccccc3)cc2)c(B(c2cc(C(C)(C)c3ccccc3)ccc2C)c2c(C)cc(N(c3ccc(C(C)(C)C)cc3)c3ccc(C)cc3C)cc2C)c1.Cc1ccc(C(C)(C)c2ccccc2)cc1. The largest absolute Gasteiger partial charge is 0.310 e. The molecule has 0 aromatic heterocycles. The normalized spacial score (nSPS) is 12.4. The van der Waals surface area contributed by atoms with Gasteiger partial charge in [0.2, 0.25) is 6.71 Å². The van der Waals surface area contributed by atoms with E-state index >= 15 is 0 Å². The molecule has 0 saturated carbocycles. The Balaban J connectivity index is 0.000000541. The van der Waals surface area contributed by atoms with Crippen LogP contribution in [0.3, 0.4) is 0 Å². The quantitative estimate of drug-likeness (QED) is 0.0611. The standard InChI is InChI=1S/C74H84BN.C16H18/c1-17-19-26-58(18-2)72(11,12)64-39-35-57(48-56-33-37-62(38-34-56)73(13,14)60-27-22-20-23-28-60)68(50-64)75(67-49-63(36-32-52(67)4)74(15,16)61-29-24-21-25-30-61)70-54(6)46-66(47-55(70)7)76(69-44-31-51(3)45-53(69)5)65-42-40-59(41-43-65)71(8,9)10;1-13-9-11-15(12-10-13)16(2,3)14-7-5-4-6-8-14/h18-47,49-50H,17,48H2,1-16H3;4-12H,1-3H3/b26-19-,58-18+;. The van der Waals surface area contributed by atoms with Gasteiger partial charge in [-0.05, 0) is 164 Å². The summed E-state index contributed by atoms with van der Waals surface area (Å²) in [5, 5.41) is 0. The van der Waals surface area contributed by atoms with Crippen LogP contribution in [0.2, 0.25) is 0 Å². The summed E-state index contributed by atoms with van der Waals surface area (Å²) in [5.41, 5.74) is 29.4. The monoisotopic (exact) mass is 1210 g/mol. The van der Waals surface area contributed by atoms with Crippen molar-refractivity contribution in [1.29, 1.82) is 0 Å². The van der Waals surface area contributed by atoms with Crippen molar-refractivity contribution in [2.75, 3.05) is 4.90 Å². The third-order valence-corrected chi connectivity index (χ3v) is 20.1. The van der Waals surface area contributed by atoms with Gasteiger partial charge in [-0.3, -0.25) is 0 Å². The van der Waals surface area contributed by atoms with Crippen molar-refractivity contribution in [3.05, 3.63) is 343 Å². The van der Waals surface area contributed by atoms with Crippen molar-refractivity contribution >= 4 is 40.2 Å². The van der Waals surface area contributed by atoms with Gasteiger partial charge in [-0.15, -0.1) is 0 Å². The maximum absolute atomic E-state index is 2.59. The topological polar surface area (TPSA) is 3.24 Å². The van der Waals surface area contributed by atoms with Gasteiger partial charge in [0.1, 0.15) is 0 Å². The maximum Gasteiger partial charge on any atom is 0.242 e. The molecule has 0 amide bonds. The number of aryl methyl sites for hydroxylation is 6. The number of rotatable bonds is 18. The second kappa shape index (κ2) is 28.2. The van der Waals surface area contributed by atoms with Gasteiger partial charge in [-0.25, -0.2) is 0 Å². The first-order chi connectivity index (χ1) is 43.7. The number of hydrogen-bond donors (Lipinski definition) is 0. The zero-order chi connectivity index (χ0) is 66.3. The van der Waals surface area contributed by atoms with Gasteiger partial charge in [0.05, 0.1) is 0 Å². The van der Waals surface area contributed by atoms with Crippen LogP contribution in [0.5, 0.6) is 0 Å². The number of nitrogens with zero attached hydrogens (tertiary/aromatic N) is 1. The molecule has 10 aromatic rings. The van der Waals surface area contributed by atoms with Crippen LogP contribution in [0.1, 0.15) is 185 Å². The summed E-state index contributed by atoms with van der Waals surface area (Å²) in [4.78, 5) is 2.48. The molecule has 0 spiro atoms. The Labute approximate surface area is 556 Å². The van der Waals surface area contributed by atoms with E-state index < -0.39 is 0 Å². The summed E-state index contributed by atoms with van der Waals surface area (Å²) >= 11 is 0. The summed E-state index contributed by atoms with van der Waals surface area (Å²) in [6, 6.07) is 86.7. The number of benzene rings is 10. The Hall–Kier alpha value is -8.46. The zero-order valence-corrected chi connectivity index (χ0v) is 59.1. The van der Waals surface area contributed by atoms with E-state index in [4.69, 9.17) is 0 Å². The summed E-state index contributed by atoms with van der Waals surface area (Å²) in [5.74, 6) is 0. The average molecular weight is 1210 g/mol. The molecule has 0 aliphatic rings. The van der Waals surface area contributed by atoms with Crippen LogP contribution >= 0.6 is 0 Å². The minimum Gasteiger partial charge on any atom is -0.310 e. The predicted molar refractivity (Wildman–Crippen MR) is 403 cm³/mol. The van der Waals surface area contributed by atoms with Gasteiger partial charge in [0.25, 0.3) is 0 Å². The lowest BCUT2D eigenvalue weighted by molar-refractivity contribution is 0.590. The molecule has 10 rings (SSSR count). The van der Waals surface area contributed by atoms with Gasteiger partial charge in [-0.2, -0.15) is 0 Å². The molecule has 470 valence electrons. The second-order valence-electron chi connectivity index (χ2n) is 29.2. The molecule has 2 heteroatoms. The number of allylic oxidation sites excluding steroid dienone is 4. The predicted octanol–water partition coefficient (Wildman–Crippen LogP) is 22.3. The van der Waals surface area contributed by atoms with E-state index in [1.807, 2.05) is 0 Å². The summed E-state index contributed by atoms with van der Waals surface area (Å²) in [6.45, 7) is 43.6. The van der Waals surface area contributed by atoms with E-state index in [1.54, 1.807) is 0 Å². The van der Waals surface area contributed by atoms with Crippen LogP contribution in [-0.4, -0.2) is 6.71 Å². The van der Waals surface area contributed by atoms with E-state index in [-0.39, 0.29) is 33.8 Å². The number of hydrogen-bond acceptors (Lipinski definition) is 1. The smallest absolute Gasteiger partial charge is 0.242 e. The van der Waals surface area contributed by atoms with E-state index in [0.717, 1.165) is 24.2 Å². The van der Waals surface area contributed by atoms with Gasteiger partial charge in [0.15, 0.2) is 0 Å². The van der Waals surface area contributed by atoms with Crippen LogP contribution in [0.15, 0.2) is 254 Å². The Morgan fingerprint density at radius 2 is 0.837 bits per heavy atom. The molecule has 0 heterocycles. The minimum atomic E-state index is -0.252. The van der Waals surface area contributed by atoms with Gasteiger partial charge in [-0.1, -0.05) is 346 Å². The van der Waals surface area contributed by atoms with Crippen molar-refractivity contribution in [2.45, 2.75) is 171 Å². The Morgan fingerprint density at radius 1 is 0.391 bits per heavy atom. The third-order valence-electron chi connectivity index (χ3n) is 20.1. The maximum atomic E-state index is 2.59. The molecule has 0 unspecified atom stereocenters. The molecular weight excluding hydrogens is 1110 g/mol. The Bertz CT molecular complexity index is 4150. The van der Waals surface area contributed by atoms with E-state index in [1.165, 1.54) is 117 Å². The van der Waals surface area contributed by atoms with Crippen molar-refractivity contribution in [1.82, 2.24) is 0 Å². The summed E-state index contributed by atoms with van der Waals surface area (Å²) in [7, 11) is 0. The van der Waals surface area contributed by atoms with Gasteiger partial charge >= 0.3 is 0 Å². The zero-order valence-electron chi connectivity index (χ0n) is 59.1. The van der Waals surface area contributed by atoms with Gasteiger partial charge < -0.3 is 4.90 Å². The van der Waals surface area contributed by atoms with E-state index in [9.17, 15) is 0 Å². The second-order valence-corrected chi connectivity index (χ2v) is 29.2. The van der Waals surface area contributed by atoms with Crippen LogP contribution in [0.25, 0.3) is 0 Å². The molecular formula is C90H102BN. The van der Waals surface area contributed by atoms with Gasteiger partial charge in [0, 0.05) is 38.7 Å². The van der Waals surface area contributed by atoms with Crippen LogP contribution in [-0.2, 0) is 33.5 Å². The Kier molecular flexibility index (Phi) is 20.8. The molecule has 0 N–H and O–H groups in total. The van der Waals surface area contributed by atoms with E-state index in [0.29, 0.717) is 0 Å².